The number of benzene rings is 3. The molecule has 0 radical (unpaired) electrons. The third kappa shape index (κ3) is 3.64. The second-order valence-electron chi connectivity index (χ2n) is 10.6. The van der Waals surface area contributed by atoms with Crippen LogP contribution >= 0.6 is 0 Å². The number of hydrogen-bond donors (Lipinski definition) is 1. The van der Waals surface area contributed by atoms with Gasteiger partial charge in [0.15, 0.2) is 17.3 Å². The highest BCUT2D eigenvalue weighted by Gasteiger charge is 2.69. The quantitative estimate of drug-likeness (QED) is 0.252. The number of nitrogens with one attached hydrogen (secondary N) is 1. The molecule has 2 saturated heterocycles. The van der Waals surface area contributed by atoms with Crippen molar-refractivity contribution in [1.29, 1.82) is 0 Å². The van der Waals surface area contributed by atoms with E-state index in [-0.39, 0.29) is 23.4 Å². The minimum atomic E-state index is -1.25. The van der Waals surface area contributed by atoms with Crippen LogP contribution in [0.3, 0.4) is 0 Å². The summed E-state index contributed by atoms with van der Waals surface area (Å²) in [5, 5.41) is 14.8. The van der Waals surface area contributed by atoms with Crippen molar-refractivity contribution in [2.75, 3.05) is 26.1 Å². The number of nitrogens with zero attached hydrogens (tertiary/aromatic N) is 2. The molecule has 6 rings (SSSR count). The number of ether oxygens (including phenoxy) is 2. The number of nitro groups is 1. The normalized spacial score (nSPS) is 25.0. The van der Waals surface area contributed by atoms with Crippen LogP contribution in [0.15, 0.2) is 60.7 Å². The Labute approximate surface area is 232 Å². The number of fused-ring (bicyclic) bond motifs is 4. The average molecular weight is 542 g/mol. The Morgan fingerprint density at radius 3 is 2.62 bits per heavy atom. The number of amides is 1. The predicted octanol–water partition coefficient (Wildman–Crippen LogP) is 5.08. The fourth-order valence-corrected chi connectivity index (χ4v) is 7.22. The Morgan fingerprint density at radius 2 is 1.90 bits per heavy atom. The molecule has 1 spiro atoms. The first-order chi connectivity index (χ1) is 19.3. The van der Waals surface area contributed by atoms with Crippen LogP contribution in [0, 0.1) is 16.0 Å². The van der Waals surface area contributed by atoms with E-state index in [2.05, 4.69) is 17.1 Å². The summed E-state index contributed by atoms with van der Waals surface area (Å²) in [6.45, 7) is 2.71. The Hall–Kier alpha value is -4.24. The first-order valence-electron chi connectivity index (χ1n) is 13.6. The molecule has 206 valence electrons. The maximum absolute atomic E-state index is 14.8. The van der Waals surface area contributed by atoms with Gasteiger partial charge in [-0.15, -0.1) is 0 Å². The molecule has 3 aliphatic rings. The molecular formula is C31H31N3O6. The van der Waals surface area contributed by atoms with E-state index in [9.17, 15) is 19.7 Å². The summed E-state index contributed by atoms with van der Waals surface area (Å²) >= 11 is 0. The van der Waals surface area contributed by atoms with Gasteiger partial charge in [0, 0.05) is 40.9 Å². The van der Waals surface area contributed by atoms with Crippen LogP contribution in [-0.2, 0) is 16.8 Å². The van der Waals surface area contributed by atoms with Crippen molar-refractivity contribution in [2.24, 2.45) is 5.92 Å². The number of methoxy groups -OCH3 is 2. The number of Topliss-reactive ketones (excluding diaryl/α,β-unsaturated/α-hetero) is 1. The van der Waals surface area contributed by atoms with Crippen LogP contribution in [0.2, 0.25) is 0 Å². The Bertz CT molecular complexity index is 1540. The average Bonchev–Trinajstić information content (AvgIpc) is 3.64. The van der Waals surface area contributed by atoms with Gasteiger partial charge in [0.1, 0.15) is 5.54 Å². The molecule has 3 unspecified atom stereocenters. The summed E-state index contributed by atoms with van der Waals surface area (Å²) in [6, 6.07) is 17.4. The molecule has 3 aromatic rings. The van der Waals surface area contributed by atoms with E-state index in [1.165, 1.54) is 20.3 Å². The molecular weight excluding hydrogens is 510 g/mol. The lowest BCUT2D eigenvalue weighted by Gasteiger charge is -2.37. The van der Waals surface area contributed by atoms with E-state index in [0.29, 0.717) is 34.9 Å². The third-order valence-corrected chi connectivity index (χ3v) is 8.89. The second kappa shape index (κ2) is 9.75. The van der Waals surface area contributed by atoms with Crippen LogP contribution in [-0.4, -0.2) is 48.3 Å². The molecule has 1 amide bonds. The van der Waals surface area contributed by atoms with Crippen molar-refractivity contribution in [1.82, 2.24) is 4.90 Å². The molecule has 4 atom stereocenters. The van der Waals surface area contributed by atoms with Crippen molar-refractivity contribution < 1.29 is 24.0 Å². The van der Waals surface area contributed by atoms with Gasteiger partial charge in [0.25, 0.3) is 5.69 Å². The van der Waals surface area contributed by atoms with Gasteiger partial charge in [0.2, 0.25) is 5.91 Å². The topological polar surface area (TPSA) is 111 Å². The minimum absolute atomic E-state index is 0.0372. The molecule has 0 saturated carbocycles. The lowest BCUT2D eigenvalue weighted by atomic mass is 9.68. The number of non-ortho nitro benzene ring substituents is 1. The van der Waals surface area contributed by atoms with Gasteiger partial charge in [-0.1, -0.05) is 31.2 Å². The van der Waals surface area contributed by atoms with Gasteiger partial charge in [-0.2, -0.15) is 0 Å². The summed E-state index contributed by atoms with van der Waals surface area (Å²) in [5.41, 5.74) is 2.38. The molecule has 0 aliphatic carbocycles. The summed E-state index contributed by atoms with van der Waals surface area (Å²) in [5.74, 6) is -0.799. The molecule has 3 heterocycles. The molecule has 1 N–H and O–H groups in total. The van der Waals surface area contributed by atoms with Gasteiger partial charge in [-0.25, -0.2) is 0 Å². The largest absolute Gasteiger partial charge is 0.493 e. The molecule has 9 nitrogen and oxygen atoms in total. The number of nitro benzene ring substituents is 1. The first kappa shape index (κ1) is 26.0. The highest BCUT2D eigenvalue weighted by atomic mass is 16.6. The van der Waals surface area contributed by atoms with Crippen molar-refractivity contribution in [3.05, 3.63) is 93.0 Å². The highest BCUT2D eigenvalue weighted by molar-refractivity contribution is 6.12. The van der Waals surface area contributed by atoms with E-state index >= 15 is 0 Å². The number of rotatable bonds is 7. The van der Waals surface area contributed by atoms with Crippen molar-refractivity contribution >= 4 is 23.1 Å². The molecule has 40 heavy (non-hydrogen) atoms. The van der Waals surface area contributed by atoms with Crippen molar-refractivity contribution in [3.8, 4) is 11.5 Å². The SMILES string of the molecule is CCc1ccc2c(c1)[C@]1(C(=O)N2)C(C(=O)c2ccc(OC)c(OC)c2)C(c2cccc([N+](=O)[O-])c2)C2CCCN21. The second-order valence-corrected chi connectivity index (χ2v) is 10.6. The summed E-state index contributed by atoms with van der Waals surface area (Å²) in [6.07, 6.45) is 2.43. The van der Waals surface area contributed by atoms with E-state index in [1.807, 2.05) is 24.3 Å². The molecule has 3 aliphatic heterocycles. The Balaban J connectivity index is 1.61. The molecule has 0 bridgehead atoms. The van der Waals surface area contributed by atoms with Gasteiger partial charge in [0.05, 0.1) is 25.1 Å². The summed E-state index contributed by atoms with van der Waals surface area (Å²) in [4.78, 5) is 42.6. The number of aryl methyl sites for hydroxylation is 1. The van der Waals surface area contributed by atoms with Crippen LogP contribution in [0.1, 0.15) is 52.7 Å². The van der Waals surface area contributed by atoms with Crippen molar-refractivity contribution in [2.45, 2.75) is 43.7 Å². The third-order valence-electron chi connectivity index (χ3n) is 8.89. The van der Waals surface area contributed by atoms with E-state index < -0.39 is 22.3 Å². The molecule has 0 aromatic heterocycles. The van der Waals surface area contributed by atoms with E-state index in [4.69, 9.17) is 9.47 Å². The number of carbonyl (C=O) groups is 2. The number of anilines is 1. The molecule has 3 aromatic carbocycles. The standard InChI is InChI=1S/C31H31N3O6/c1-4-18-10-12-23-22(15-18)31(30(36)32-23)28(29(35)20-11-13-25(39-2)26(17-20)40-3)27(24-9-6-14-33(24)31)19-7-5-8-21(16-19)34(37)38/h5,7-8,10-13,15-17,24,27-28H,4,6,9,14H2,1-3H3,(H,32,36)/t24?,27?,28?,31-/m1/s1. The van der Waals surface area contributed by atoms with Crippen molar-refractivity contribution in [3.63, 3.8) is 0 Å². The zero-order valence-electron chi connectivity index (χ0n) is 22.7. The Morgan fingerprint density at radius 1 is 1.10 bits per heavy atom. The highest BCUT2D eigenvalue weighted by Crippen LogP contribution is 2.61. The number of carbonyl (C=O) groups excluding carboxylic acids is 2. The van der Waals surface area contributed by atoms with Gasteiger partial charge < -0.3 is 14.8 Å². The van der Waals surface area contributed by atoms with Crippen LogP contribution < -0.4 is 14.8 Å². The lowest BCUT2D eigenvalue weighted by molar-refractivity contribution is -0.384. The minimum Gasteiger partial charge on any atom is -0.493 e. The molecule has 2 fully saturated rings. The lowest BCUT2D eigenvalue weighted by Crippen LogP contribution is -2.52. The maximum Gasteiger partial charge on any atom is 0.269 e. The van der Waals surface area contributed by atoms with E-state index in [1.54, 1.807) is 30.3 Å². The van der Waals surface area contributed by atoms with Crippen LogP contribution in [0.4, 0.5) is 11.4 Å². The smallest absolute Gasteiger partial charge is 0.269 e. The number of hydrogen-bond acceptors (Lipinski definition) is 7. The monoisotopic (exact) mass is 541 g/mol. The molecule has 9 heteroatoms. The number of ketones is 1. The first-order valence-corrected chi connectivity index (χ1v) is 13.6. The summed E-state index contributed by atoms with van der Waals surface area (Å²) in [7, 11) is 3.04. The summed E-state index contributed by atoms with van der Waals surface area (Å²) < 4.78 is 10.9. The van der Waals surface area contributed by atoms with Crippen LogP contribution in [0.25, 0.3) is 0 Å². The van der Waals surface area contributed by atoms with Crippen LogP contribution in [0.5, 0.6) is 11.5 Å². The zero-order valence-corrected chi connectivity index (χ0v) is 22.7. The van der Waals surface area contributed by atoms with Gasteiger partial charge >= 0.3 is 0 Å². The van der Waals surface area contributed by atoms with Gasteiger partial charge in [-0.05, 0) is 61.2 Å². The predicted molar refractivity (Wildman–Crippen MR) is 149 cm³/mol. The fourth-order valence-electron chi connectivity index (χ4n) is 7.22. The van der Waals surface area contributed by atoms with E-state index in [0.717, 1.165) is 30.4 Å². The Kier molecular flexibility index (Phi) is 6.34. The fraction of sp³-hybridized carbons (Fsp3) is 0.355. The van der Waals surface area contributed by atoms with Gasteiger partial charge in [-0.3, -0.25) is 24.6 Å². The maximum atomic E-state index is 14.8. The zero-order chi connectivity index (χ0) is 28.2.